The molecule has 0 aliphatic rings. The molecule has 35 heavy (non-hydrogen) atoms. The van der Waals surface area contributed by atoms with Crippen molar-refractivity contribution in [3.8, 4) is 11.1 Å². The number of hydrogen-bond donors (Lipinski definition) is 4. The normalized spacial score (nSPS) is 10.7. The van der Waals surface area contributed by atoms with Crippen LogP contribution in [0.25, 0.3) is 11.1 Å². The Balaban J connectivity index is 1.36. The zero-order valence-corrected chi connectivity index (χ0v) is 18.1. The third-order valence-electron chi connectivity index (χ3n) is 4.96. The number of H-pyrrole nitrogens is 1. The van der Waals surface area contributed by atoms with E-state index in [1.807, 2.05) is 29.6 Å². The van der Waals surface area contributed by atoms with E-state index in [0.29, 0.717) is 30.8 Å². The highest BCUT2D eigenvalue weighted by Crippen LogP contribution is 2.19. The molecule has 0 unspecified atom stereocenters. The fraction of sp³-hybridized carbons (Fsp3) is 0.0833. The Labute approximate surface area is 197 Å². The molecule has 0 aliphatic carbocycles. The third kappa shape index (κ3) is 6.09. The fourth-order valence-corrected chi connectivity index (χ4v) is 3.20. The van der Waals surface area contributed by atoms with Crippen LogP contribution >= 0.6 is 0 Å². The van der Waals surface area contributed by atoms with E-state index >= 15 is 0 Å². The van der Waals surface area contributed by atoms with Gasteiger partial charge in [0.25, 0.3) is 5.56 Å². The number of nitrogens with one attached hydrogen (secondary N) is 4. The molecule has 4 rings (SSSR count). The number of pyridine rings is 1. The first kappa shape index (κ1) is 23.6. The van der Waals surface area contributed by atoms with Gasteiger partial charge in [0.05, 0.1) is 11.3 Å². The van der Waals surface area contributed by atoms with Gasteiger partial charge in [0.2, 0.25) is 5.95 Å². The number of rotatable bonds is 7. The van der Waals surface area contributed by atoms with E-state index in [2.05, 4.69) is 25.6 Å². The maximum absolute atomic E-state index is 13.7. The predicted octanol–water partition coefficient (Wildman–Crippen LogP) is 4.18. The highest BCUT2D eigenvalue weighted by molar-refractivity contribution is 5.98. The molecule has 4 aromatic rings. The fourth-order valence-electron chi connectivity index (χ4n) is 3.20. The molecule has 4 N–H and O–H groups in total. The van der Waals surface area contributed by atoms with E-state index in [9.17, 15) is 22.8 Å². The topological polar surface area (TPSA) is 112 Å². The van der Waals surface area contributed by atoms with Crippen LogP contribution in [-0.2, 0) is 13.1 Å². The van der Waals surface area contributed by atoms with Crippen LogP contribution in [0.1, 0.15) is 11.1 Å². The van der Waals surface area contributed by atoms with E-state index < -0.39 is 34.7 Å². The smallest absolute Gasteiger partial charge is 0.326 e. The Hall–Kier alpha value is -4.51. The molecule has 0 saturated heterocycles. The van der Waals surface area contributed by atoms with Gasteiger partial charge < -0.3 is 15.6 Å². The average Bonchev–Trinajstić information content (AvgIpc) is 2.84. The summed E-state index contributed by atoms with van der Waals surface area (Å²) < 4.78 is 40.0. The monoisotopic (exact) mass is 480 g/mol. The standard InChI is InChI=1S/C24H19F3N6O2/c25-18-9-20(27)21(10-19(18)26)31-24(35)33-23-30-13-17(22(34)32-23)16-3-1-14(2-4-16)11-29-12-15-5-7-28-8-6-15/h1-10,13,29H,11-12H2,(H3,30,31,32,33,34,35). The van der Waals surface area contributed by atoms with Gasteiger partial charge in [-0.05, 0) is 28.8 Å². The molecule has 0 aliphatic heterocycles. The number of benzene rings is 2. The molecule has 0 spiro atoms. The summed E-state index contributed by atoms with van der Waals surface area (Å²) in [7, 11) is 0. The van der Waals surface area contributed by atoms with Crippen LogP contribution in [-0.4, -0.2) is 21.0 Å². The maximum atomic E-state index is 13.7. The molecule has 0 bridgehead atoms. The number of aromatic nitrogens is 3. The highest BCUT2D eigenvalue weighted by Gasteiger charge is 2.14. The molecule has 2 aromatic heterocycles. The second-order valence-electron chi connectivity index (χ2n) is 7.45. The molecule has 8 nitrogen and oxygen atoms in total. The quantitative estimate of drug-likeness (QED) is 0.297. The van der Waals surface area contributed by atoms with Crippen LogP contribution in [0, 0.1) is 17.5 Å². The largest absolute Gasteiger partial charge is 0.331 e. The van der Waals surface area contributed by atoms with Gasteiger partial charge in [0, 0.05) is 43.8 Å². The van der Waals surface area contributed by atoms with Crippen LogP contribution < -0.4 is 21.5 Å². The third-order valence-corrected chi connectivity index (χ3v) is 4.96. The molecule has 0 saturated carbocycles. The number of carbonyl (C=O) groups is 1. The first-order valence-corrected chi connectivity index (χ1v) is 10.4. The Bertz CT molecular complexity index is 1400. The zero-order chi connectivity index (χ0) is 24.8. The maximum Gasteiger partial charge on any atom is 0.326 e. The minimum Gasteiger partial charge on any atom is -0.331 e. The van der Waals surface area contributed by atoms with E-state index in [0.717, 1.165) is 11.1 Å². The SMILES string of the molecule is O=C(Nc1nc(=O)c(-c2ccc(CNCc3ccncc3)cc2)c[nH]1)Nc1cc(F)c(F)cc1F. The van der Waals surface area contributed by atoms with Gasteiger partial charge in [0.1, 0.15) is 5.82 Å². The lowest BCUT2D eigenvalue weighted by Crippen LogP contribution is -2.24. The van der Waals surface area contributed by atoms with Crippen molar-refractivity contribution in [3.63, 3.8) is 0 Å². The number of halogens is 3. The highest BCUT2D eigenvalue weighted by atomic mass is 19.2. The number of urea groups is 1. The second kappa shape index (κ2) is 10.6. The van der Waals surface area contributed by atoms with Crippen LogP contribution in [0.5, 0.6) is 0 Å². The first-order chi connectivity index (χ1) is 16.9. The van der Waals surface area contributed by atoms with E-state index in [-0.39, 0.29) is 11.5 Å². The number of amides is 2. The molecule has 2 aromatic carbocycles. The molecule has 178 valence electrons. The van der Waals surface area contributed by atoms with Crippen molar-refractivity contribution in [2.24, 2.45) is 0 Å². The molecule has 2 heterocycles. The number of nitrogens with zero attached hydrogens (tertiary/aromatic N) is 2. The number of aromatic amines is 1. The van der Waals surface area contributed by atoms with Crippen LogP contribution in [0.3, 0.4) is 0 Å². The van der Waals surface area contributed by atoms with Crippen LogP contribution in [0.4, 0.5) is 29.6 Å². The van der Waals surface area contributed by atoms with Gasteiger partial charge in [-0.15, -0.1) is 0 Å². The van der Waals surface area contributed by atoms with Crippen molar-refractivity contribution < 1.29 is 18.0 Å². The van der Waals surface area contributed by atoms with Crippen molar-refractivity contribution >= 4 is 17.7 Å². The Morgan fingerprint density at radius 1 is 0.857 bits per heavy atom. The van der Waals surface area contributed by atoms with Crippen LogP contribution in [0.15, 0.2) is 71.9 Å². The molecular weight excluding hydrogens is 461 g/mol. The van der Waals surface area contributed by atoms with Crippen molar-refractivity contribution in [2.45, 2.75) is 13.1 Å². The number of anilines is 2. The molecule has 0 fully saturated rings. The summed E-state index contributed by atoms with van der Waals surface area (Å²) in [5, 5.41) is 7.55. The Morgan fingerprint density at radius 3 is 2.20 bits per heavy atom. The predicted molar refractivity (Wildman–Crippen MR) is 124 cm³/mol. The lowest BCUT2D eigenvalue weighted by molar-refractivity contribution is 0.262. The molecule has 2 amide bonds. The summed E-state index contributed by atoms with van der Waals surface area (Å²) in [6.07, 6.45) is 4.84. The summed E-state index contributed by atoms with van der Waals surface area (Å²) in [5.41, 5.74) is 1.85. The lowest BCUT2D eigenvalue weighted by Gasteiger charge is -2.09. The van der Waals surface area contributed by atoms with Gasteiger partial charge >= 0.3 is 6.03 Å². The average molecular weight is 480 g/mol. The van der Waals surface area contributed by atoms with Gasteiger partial charge in [-0.25, -0.2) is 18.0 Å². The van der Waals surface area contributed by atoms with Crippen molar-refractivity contribution in [1.82, 2.24) is 20.3 Å². The molecule has 0 atom stereocenters. The van der Waals surface area contributed by atoms with Crippen molar-refractivity contribution in [2.75, 3.05) is 10.6 Å². The number of carbonyl (C=O) groups excluding carboxylic acids is 1. The summed E-state index contributed by atoms with van der Waals surface area (Å²) in [6, 6.07) is 11.0. The lowest BCUT2D eigenvalue weighted by atomic mass is 10.1. The second-order valence-corrected chi connectivity index (χ2v) is 7.45. The van der Waals surface area contributed by atoms with Gasteiger partial charge in [-0.2, -0.15) is 4.98 Å². The van der Waals surface area contributed by atoms with Crippen molar-refractivity contribution in [3.05, 3.63) is 106 Å². The van der Waals surface area contributed by atoms with Crippen LogP contribution in [0.2, 0.25) is 0 Å². The molecule has 11 heteroatoms. The summed E-state index contributed by atoms with van der Waals surface area (Å²) in [6.45, 7) is 1.33. The Kier molecular flexibility index (Phi) is 7.17. The first-order valence-electron chi connectivity index (χ1n) is 10.4. The van der Waals surface area contributed by atoms with E-state index in [1.165, 1.54) is 6.20 Å². The Morgan fingerprint density at radius 2 is 1.51 bits per heavy atom. The molecular formula is C24H19F3N6O2. The van der Waals surface area contributed by atoms with Gasteiger partial charge in [-0.1, -0.05) is 24.3 Å². The minimum atomic E-state index is -1.38. The summed E-state index contributed by atoms with van der Waals surface area (Å²) >= 11 is 0. The zero-order valence-electron chi connectivity index (χ0n) is 18.1. The summed E-state index contributed by atoms with van der Waals surface area (Å²) in [5.74, 6) is -4.08. The minimum absolute atomic E-state index is 0.212. The van der Waals surface area contributed by atoms with Crippen molar-refractivity contribution in [1.29, 1.82) is 0 Å². The van der Waals surface area contributed by atoms with E-state index in [1.54, 1.807) is 24.5 Å². The van der Waals surface area contributed by atoms with Gasteiger partial charge in [-0.3, -0.25) is 15.1 Å². The van der Waals surface area contributed by atoms with Gasteiger partial charge in [0.15, 0.2) is 11.6 Å². The summed E-state index contributed by atoms with van der Waals surface area (Å²) in [4.78, 5) is 34.9. The van der Waals surface area contributed by atoms with E-state index in [4.69, 9.17) is 0 Å². The number of hydrogen-bond acceptors (Lipinski definition) is 5. The molecule has 0 radical (unpaired) electrons.